The predicted molar refractivity (Wildman–Crippen MR) is 47.1 cm³/mol. The fourth-order valence-electron chi connectivity index (χ4n) is 0.837. The van der Waals surface area contributed by atoms with Crippen molar-refractivity contribution in [3.8, 4) is 5.75 Å². The summed E-state index contributed by atoms with van der Waals surface area (Å²) in [4.78, 5) is 11.0. The van der Waals surface area contributed by atoms with Gasteiger partial charge in [0.1, 0.15) is 17.1 Å². The Morgan fingerprint density at radius 1 is 1.62 bits per heavy atom. The molecule has 0 heterocycles. The van der Waals surface area contributed by atoms with Crippen LogP contribution in [0.2, 0.25) is 0 Å². The molecule has 0 bridgehead atoms. The van der Waals surface area contributed by atoms with Crippen LogP contribution in [0.25, 0.3) is 0 Å². The number of carbonyl (C=O) groups is 1. The third-order valence-electron chi connectivity index (χ3n) is 1.46. The third-order valence-corrected chi connectivity index (χ3v) is 2.24. The summed E-state index contributed by atoms with van der Waals surface area (Å²) in [7, 11) is 1.15. The number of phenolic OH excluding ortho intramolecular Hbond substituents is 1. The molecule has 0 saturated heterocycles. The minimum Gasteiger partial charge on any atom is -0.507 e. The van der Waals surface area contributed by atoms with E-state index in [0.29, 0.717) is 0 Å². The highest BCUT2D eigenvalue weighted by Crippen LogP contribution is 2.28. The second-order valence-corrected chi connectivity index (χ2v) is 3.04. The molecule has 0 fully saturated rings. The molecule has 70 valence electrons. The normalized spacial score (nSPS) is 9.77. The van der Waals surface area contributed by atoms with Crippen molar-refractivity contribution < 1.29 is 19.0 Å². The van der Waals surface area contributed by atoms with Crippen molar-refractivity contribution in [2.24, 2.45) is 0 Å². The molecule has 5 heteroatoms. The van der Waals surface area contributed by atoms with Crippen LogP contribution >= 0.6 is 15.9 Å². The second-order valence-electron chi connectivity index (χ2n) is 2.25. The Bertz CT molecular complexity index is 351. The molecule has 1 aromatic carbocycles. The van der Waals surface area contributed by atoms with Gasteiger partial charge in [-0.3, -0.25) is 0 Å². The fraction of sp³-hybridized carbons (Fsp3) is 0.125. The van der Waals surface area contributed by atoms with Crippen molar-refractivity contribution in [3.63, 3.8) is 0 Å². The van der Waals surface area contributed by atoms with E-state index in [1.54, 1.807) is 0 Å². The number of esters is 1. The standard InChI is InChI=1S/C8H6BrFO3/c1-13-8(12)6-5(11)3-2-4(10)7(6)9/h2-3,11H,1H3. The van der Waals surface area contributed by atoms with Gasteiger partial charge in [0.25, 0.3) is 0 Å². The molecule has 0 amide bonds. The molecule has 0 aliphatic carbocycles. The Morgan fingerprint density at radius 3 is 2.77 bits per heavy atom. The van der Waals surface area contributed by atoms with E-state index < -0.39 is 11.8 Å². The molecular formula is C8H6BrFO3. The lowest BCUT2D eigenvalue weighted by atomic mass is 10.2. The van der Waals surface area contributed by atoms with Crippen LogP contribution < -0.4 is 0 Å². The van der Waals surface area contributed by atoms with Gasteiger partial charge in [0.05, 0.1) is 11.6 Å². The van der Waals surface area contributed by atoms with Gasteiger partial charge in [-0.2, -0.15) is 0 Å². The van der Waals surface area contributed by atoms with Gasteiger partial charge >= 0.3 is 5.97 Å². The molecule has 1 rings (SSSR count). The number of phenols is 1. The van der Waals surface area contributed by atoms with E-state index in [2.05, 4.69) is 20.7 Å². The largest absolute Gasteiger partial charge is 0.507 e. The third kappa shape index (κ3) is 1.80. The number of hydrogen-bond acceptors (Lipinski definition) is 3. The van der Waals surface area contributed by atoms with E-state index in [1.807, 2.05) is 0 Å². The predicted octanol–water partition coefficient (Wildman–Crippen LogP) is 2.08. The summed E-state index contributed by atoms with van der Waals surface area (Å²) in [5.74, 6) is -1.73. The topological polar surface area (TPSA) is 46.5 Å². The number of ether oxygens (including phenoxy) is 1. The van der Waals surface area contributed by atoms with Crippen LogP contribution in [-0.4, -0.2) is 18.2 Å². The zero-order valence-corrected chi connectivity index (χ0v) is 8.26. The van der Waals surface area contributed by atoms with Crippen LogP contribution in [0.1, 0.15) is 10.4 Å². The number of halogens is 2. The van der Waals surface area contributed by atoms with Crippen LogP contribution in [0, 0.1) is 5.82 Å². The van der Waals surface area contributed by atoms with Crippen LogP contribution in [0.3, 0.4) is 0 Å². The minimum absolute atomic E-state index is 0.0978. The van der Waals surface area contributed by atoms with Crippen LogP contribution in [0.15, 0.2) is 16.6 Å². The molecule has 0 radical (unpaired) electrons. The van der Waals surface area contributed by atoms with E-state index in [4.69, 9.17) is 0 Å². The smallest absolute Gasteiger partial charge is 0.342 e. The molecule has 3 nitrogen and oxygen atoms in total. The van der Waals surface area contributed by atoms with Crippen LogP contribution in [0.5, 0.6) is 5.75 Å². The minimum atomic E-state index is -0.788. The summed E-state index contributed by atoms with van der Waals surface area (Å²) in [6.45, 7) is 0. The Balaban J connectivity index is 3.33. The van der Waals surface area contributed by atoms with Gasteiger partial charge in [0.15, 0.2) is 0 Å². The summed E-state index contributed by atoms with van der Waals surface area (Å²) in [5, 5.41) is 9.22. The van der Waals surface area contributed by atoms with Crippen molar-refractivity contribution in [1.82, 2.24) is 0 Å². The van der Waals surface area contributed by atoms with E-state index in [9.17, 15) is 14.3 Å². The highest BCUT2D eigenvalue weighted by molar-refractivity contribution is 9.10. The molecule has 1 aromatic rings. The second kappa shape index (κ2) is 3.74. The number of carbonyl (C=O) groups excluding carboxylic acids is 1. The van der Waals surface area contributed by atoms with Crippen molar-refractivity contribution in [3.05, 3.63) is 28.0 Å². The fourth-order valence-corrected chi connectivity index (χ4v) is 1.33. The number of benzene rings is 1. The molecule has 0 aliphatic heterocycles. The Hall–Kier alpha value is -1.10. The Kier molecular flexibility index (Phi) is 2.87. The summed E-state index contributed by atoms with van der Waals surface area (Å²) in [6.07, 6.45) is 0. The van der Waals surface area contributed by atoms with Gasteiger partial charge in [-0.25, -0.2) is 9.18 Å². The first kappa shape index (κ1) is 9.98. The first-order valence-electron chi connectivity index (χ1n) is 3.33. The van der Waals surface area contributed by atoms with E-state index >= 15 is 0 Å². The molecule has 13 heavy (non-hydrogen) atoms. The van der Waals surface area contributed by atoms with Crippen molar-refractivity contribution in [2.75, 3.05) is 7.11 Å². The highest BCUT2D eigenvalue weighted by Gasteiger charge is 2.18. The maximum atomic E-state index is 12.9. The maximum Gasteiger partial charge on any atom is 0.342 e. The molecule has 1 N–H and O–H groups in total. The van der Waals surface area contributed by atoms with Gasteiger partial charge in [-0.1, -0.05) is 0 Å². The number of hydrogen-bond donors (Lipinski definition) is 1. The Morgan fingerprint density at radius 2 is 2.23 bits per heavy atom. The first-order valence-corrected chi connectivity index (χ1v) is 4.12. The first-order chi connectivity index (χ1) is 6.07. The summed E-state index contributed by atoms with van der Waals surface area (Å²) < 4.78 is 17.1. The van der Waals surface area contributed by atoms with Gasteiger partial charge in [0, 0.05) is 0 Å². The summed E-state index contributed by atoms with van der Waals surface area (Å²) >= 11 is 2.84. The van der Waals surface area contributed by atoms with Gasteiger partial charge < -0.3 is 9.84 Å². The van der Waals surface area contributed by atoms with E-state index in [-0.39, 0.29) is 15.8 Å². The molecular weight excluding hydrogens is 243 g/mol. The number of methoxy groups -OCH3 is 1. The van der Waals surface area contributed by atoms with E-state index in [0.717, 1.165) is 19.2 Å². The maximum absolute atomic E-state index is 12.9. The average Bonchev–Trinajstić information content (AvgIpc) is 2.12. The zero-order valence-electron chi connectivity index (χ0n) is 6.67. The molecule has 0 atom stereocenters. The van der Waals surface area contributed by atoms with Crippen LogP contribution in [-0.2, 0) is 4.74 Å². The molecule has 0 aromatic heterocycles. The van der Waals surface area contributed by atoms with Crippen molar-refractivity contribution in [1.29, 1.82) is 0 Å². The van der Waals surface area contributed by atoms with Crippen LogP contribution in [0.4, 0.5) is 4.39 Å². The van der Waals surface area contributed by atoms with Gasteiger partial charge in [-0.15, -0.1) is 0 Å². The molecule has 0 aliphatic rings. The summed E-state index contributed by atoms with van der Waals surface area (Å²) in [5.41, 5.74) is -0.206. The zero-order chi connectivity index (χ0) is 10.0. The summed E-state index contributed by atoms with van der Waals surface area (Å²) in [6, 6.07) is 2.14. The molecule has 0 unspecified atom stereocenters. The number of rotatable bonds is 1. The van der Waals surface area contributed by atoms with Crippen molar-refractivity contribution >= 4 is 21.9 Å². The van der Waals surface area contributed by atoms with Gasteiger partial charge in [0.2, 0.25) is 0 Å². The number of aromatic hydroxyl groups is 1. The van der Waals surface area contributed by atoms with E-state index in [1.165, 1.54) is 0 Å². The quantitative estimate of drug-likeness (QED) is 0.775. The lowest BCUT2D eigenvalue weighted by molar-refractivity contribution is 0.0595. The molecule has 0 spiro atoms. The SMILES string of the molecule is COC(=O)c1c(O)ccc(F)c1Br. The monoisotopic (exact) mass is 248 g/mol. The lowest BCUT2D eigenvalue weighted by Gasteiger charge is -2.04. The average molecular weight is 249 g/mol. The van der Waals surface area contributed by atoms with Gasteiger partial charge in [-0.05, 0) is 28.1 Å². The lowest BCUT2D eigenvalue weighted by Crippen LogP contribution is -2.03. The highest BCUT2D eigenvalue weighted by atomic mass is 79.9. The van der Waals surface area contributed by atoms with Crippen molar-refractivity contribution in [2.45, 2.75) is 0 Å². The molecule has 0 saturated carbocycles. The Labute approximate surface area is 82.3 Å².